The van der Waals surface area contributed by atoms with Crippen molar-refractivity contribution in [1.29, 1.82) is 0 Å². The normalized spacial score (nSPS) is 16.8. The number of amides is 1. The third-order valence-corrected chi connectivity index (χ3v) is 6.88. The predicted molar refractivity (Wildman–Crippen MR) is 121 cm³/mol. The number of benzene rings is 1. The van der Waals surface area contributed by atoms with Crippen LogP contribution in [-0.4, -0.2) is 58.7 Å². The summed E-state index contributed by atoms with van der Waals surface area (Å²) < 4.78 is 16.8. The van der Waals surface area contributed by atoms with E-state index in [1.807, 2.05) is 23.6 Å². The first kappa shape index (κ1) is 21.8. The summed E-state index contributed by atoms with van der Waals surface area (Å²) in [7, 11) is 1.62. The Hall–Kier alpha value is -2.42. The molecule has 4 rings (SSSR count). The number of rotatable bonds is 8. The van der Waals surface area contributed by atoms with E-state index in [0.717, 1.165) is 63.2 Å². The second-order valence-corrected chi connectivity index (χ2v) is 8.79. The van der Waals surface area contributed by atoms with E-state index in [2.05, 4.69) is 10.5 Å². The van der Waals surface area contributed by atoms with Crippen molar-refractivity contribution in [2.45, 2.75) is 25.7 Å². The van der Waals surface area contributed by atoms with E-state index in [1.165, 1.54) is 21.8 Å². The first-order valence-corrected chi connectivity index (χ1v) is 11.8. The van der Waals surface area contributed by atoms with Crippen molar-refractivity contribution >= 4 is 23.5 Å². The average Bonchev–Trinajstić information content (AvgIpc) is 3.25. The van der Waals surface area contributed by atoms with Gasteiger partial charge in [0.1, 0.15) is 26.2 Å². The summed E-state index contributed by atoms with van der Waals surface area (Å²) in [6.07, 6.45) is 6.05. The lowest BCUT2D eigenvalue weighted by Crippen LogP contribution is -3.14. The van der Waals surface area contributed by atoms with Gasteiger partial charge < -0.3 is 19.1 Å². The van der Waals surface area contributed by atoms with Gasteiger partial charge in [-0.1, -0.05) is 0 Å². The SMILES string of the molecule is COc1cc(/C=N\NC(=O)c2csc3c2CCCC3)ccc1OCC[NH+]1CCOCC1. The van der Waals surface area contributed by atoms with Crippen molar-refractivity contribution in [2.75, 3.05) is 46.6 Å². The molecular formula is C23H30N3O4S+. The molecule has 0 radical (unpaired) electrons. The van der Waals surface area contributed by atoms with Crippen LogP contribution < -0.4 is 19.8 Å². The van der Waals surface area contributed by atoms with Gasteiger partial charge in [-0.2, -0.15) is 5.10 Å². The number of carbonyl (C=O) groups is 1. The summed E-state index contributed by atoms with van der Waals surface area (Å²) in [5, 5.41) is 6.10. The first-order chi connectivity index (χ1) is 15.2. The molecule has 1 amide bonds. The number of ether oxygens (including phenoxy) is 3. The second kappa shape index (κ2) is 10.7. The molecule has 0 bridgehead atoms. The van der Waals surface area contributed by atoms with Crippen LogP contribution in [0.1, 0.15) is 39.2 Å². The number of hydrazone groups is 1. The molecule has 2 heterocycles. The van der Waals surface area contributed by atoms with Crippen LogP contribution >= 0.6 is 11.3 Å². The van der Waals surface area contributed by atoms with Gasteiger partial charge in [0.05, 0.1) is 32.1 Å². The molecule has 2 aromatic rings. The Bertz CT molecular complexity index is 922. The van der Waals surface area contributed by atoms with Gasteiger partial charge in [0.15, 0.2) is 11.5 Å². The summed E-state index contributed by atoms with van der Waals surface area (Å²) in [5.41, 5.74) is 5.45. The zero-order chi connectivity index (χ0) is 21.5. The van der Waals surface area contributed by atoms with Gasteiger partial charge in [-0.15, -0.1) is 11.3 Å². The Morgan fingerprint density at radius 1 is 1.26 bits per heavy atom. The maximum Gasteiger partial charge on any atom is 0.272 e. The van der Waals surface area contributed by atoms with Crippen LogP contribution in [0.4, 0.5) is 0 Å². The van der Waals surface area contributed by atoms with Gasteiger partial charge in [-0.05, 0) is 55.0 Å². The lowest BCUT2D eigenvalue weighted by molar-refractivity contribution is -0.908. The molecule has 0 unspecified atom stereocenters. The molecule has 31 heavy (non-hydrogen) atoms. The van der Waals surface area contributed by atoms with Crippen molar-refractivity contribution in [2.24, 2.45) is 5.10 Å². The molecule has 1 fully saturated rings. The van der Waals surface area contributed by atoms with E-state index < -0.39 is 0 Å². The largest absolute Gasteiger partial charge is 0.493 e. The smallest absolute Gasteiger partial charge is 0.272 e. The lowest BCUT2D eigenvalue weighted by Gasteiger charge is -2.23. The number of hydrogen-bond donors (Lipinski definition) is 2. The molecule has 1 aliphatic heterocycles. The summed E-state index contributed by atoms with van der Waals surface area (Å²) in [4.78, 5) is 15.4. The highest BCUT2D eigenvalue weighted by Gasteiger charge is 2.19. The van der Waals surface area contributed by atoms with Crippen LogP contribution in [0.15, 0.2) is 28.7 Å². The minimum Gasteiger partial charge on any atom is -0.493 e. The van der Waals surface area contributed by atoms with Gasteiger partial charge in [0, 0.05) is 10.3 Å². The van der Waals surface area contributed by atoms with Crippen molar-refractivity contribution in [1.82, 2.24) is 5.43 Å². The van der Waals surface area contributed by atoms with Crippen LogP contribution in [0.3, 0.4) is 0 Å². The highest BCUT2D eigenvalue weighted by atomic mass is 32.1. The fourth-order valence-electron chi connectivity index (χ4n) is 4.01. The number of morpholine rings is 1. The van der Waals surface area contributed by atoms with Gasteiger partial charge in [0.2, 0.25) is 0 Å². The number of aryl methyl sites for hydroxylation is 1. The summed E-state index contributed by atoms with van der Waals surface area (Å²) >= 11 is 1.68. The number of quaternary nitrogens is 1. The molecule has 166 valence electrons. The molecule has 1 aromatic carbocycles. The van der Waals surface area contributed by atoms with Crippen LogP contribution in [0.2, 0.25) is 0 Å². The molecule has 2 N–H and O–H groups in total. The van der Waals surface area contributed by atoms with Crippen LogP contribution in [-0.2, 0) is 17.6 Å². The van der Waals surface area contributed by atoms with Crippen molar-refractivity contribution in [3.63, 3.8) is 0 Å². The van der Waals surface area contributed by atoms with Crippen molar-refractivity contribution in [3.05, 3.63) is 45.1 Å². The quantitative estimate of drug-likeness (QED) is 0.480. The fourth-order valence-corrected chi connectivity index (χ4v) is 5.13. The Kier molecular flexibility index (Phi) is 7.56. The summed E-state index contributed by atoms with van der Waals surface area (Å²) in [6, 6.07) is 5.65. The molecule has 1 aromatic heterocycles. The Morgan fingerprint density at radius 3 is 2.94 bits per heavy atom. The molecule has 2 aliphatic rings. The second-order valence-electron chi connectivity index (χ2n) is 7.83. The number of fused-ring (bicyclic) bond motifs is 1. The third-order valence-electron chi connectivity index (χ3n) is 5.79. The standard InChI is InChI=1S/C23H29N3O4S/c1-28-21-14-17(6-7-20(21)30-13-10-26-8-11-29-12-9-26)15-24-25-23(27)19-16-31-22-5-3-2-4-18(19)22/h6-7,14-16H,2-5,8-13H2,1H3,(H,25,27)/p+1/b24-15-. The Balaban J connectivity index is 1.31. The van der Waals surface area contributed by atoms with E-state index >= 15 is 0 Å². The van der Waals surface area contributed by atoms with E-state index in [4.69, 9.17) is 14.2 Å². The monoisotopic (exact) mass is 444 g/mol. The van der Waals surface area contributed by atoms with E-state index in [0.29, 0.717) is 18.1 Å². The highest BCUT2D eigenvalue weighted by Crippen LogP contribution is 2.30. The third kappa shape index (κ3) is 5.64. The van der Waals surface area contributed by atoms with Gasteiger partial charge in [-0.25, -0.2) is 5.43 Å². The average molecular weight is 445 g/mol. The van der Waals surface area contributed by atoms with Gasteiger partial charge in [0.25, 0.3) is 5.91 Å². The number of thiophene rings is 1. The Morgan fingerprint density at radius 2 is 2.10 bits per heavy atom. The van der Waals surface area contributed by atoms with Crippen molar-refractivity contribution in [3.8, 4) is 11.5 Å². The predicted octanol–water partition coefficient (Wildman–Crippen LogP) is 1.69. The van der Waals surface area contributed by atoms with Crippen LogP contribution in [0.25, 0.3) is 0 Å². The topological polar surface area (TPSA) is 73.6 Å². The lowest BCUT2D eigenvalue weighted by atomic mass is 9.96. The molecule has 7 nitrogen and oxygen atoms in total. The number of hydrogen-bond acceptors (Lipinski definition) is 6. The zero-order valence-corrected chi connectivity index (χ0v) is 18.8. The number of nitrogens with zero attached hydrogens (tertiary/aromatic N) is 1. The van der Waals surface area contributed by atoms with Crippen LogP contribution in [0.5, 0.6) is 11.5 Å². The van der Waals surface area contributed by atoms with E-state index in [-0.39, 0.29) is 5.91 Å². The minimum absolute atomic E-state index is 0.145. The molecule has 1 aliphatic carbocycles. The van der Waals surface area contributed by atoms with E-state index in [1.54, 1.807) is 24.7 Å². The maximum atomic E-state index is 12.5. The van der Waals surface area contributed by atoms with Crippen LogP contribution in [0, 0.1) is 0 Å². The fraction of sp³-hybridized carbons (Fsp3) is 0.478. The summed E-state index contributed by atoms with van der Waals surface area (Å²) in [5.74, 6) is 1.22. The maximum absolute atomic E-state index is 12.5. The summed E-state index contributed by atoms with van der Waals surface area (Å²) in [6.45, 7) is 5.25. The molecule has 0 spiro atoms. The number of carbonyl (C=O) groups excluding carboxylic acids is 1. The molecule has 0 saturated carbocycles. The Labute approximate surface area is 187 Å². The zero-order valence-electron chi connectivity index (χ0n) is 17.9. The first-order valence-electron chi connectivity index (χ1n) is 10.9. The van der Waals surface area contributed by atoms with E-state index in [9.17, 15) is 4.79 Å². The molecule has 1 saturated heterocycles. The molecule has 8 heteroatoms. The highest BCUT2D eigenvalue weighted by molar-refractivity contribution is 7.10. The van der Waals surface area contributed by atoms with Gasteiger partial charge >= 0.3 is 0 Å². The van der Waals surface area contributed by atoms with Gasteiger partial charge in [-0.3, -0.25) is 4.79 Å². The molecular weight excluding hydrogens is 414 g/mol. The number of methoxy groups -OCH3 is 1. The minimum atomic E-state index is -0.145. The van der Waals surface area contributed by atoms with Crippen molar-refractivity contribution < 1.29 is 23.9 Å². The molecule has 0 atom stereocenters. The number of nitrogens with one attached hydrogen (secondary N) is 2.